The molecule has 0 heterocycles. The summed E-state index contributed by atoms with van der Waals surface area (Å²) in [7, 11) is 0. The van der Waals surface area contributed by atoms with Crippen LogP contribution in [0.4, 0.5) is 0 Å². The molecule has 0 saturated carbocycles. The third-order valence-corrected chi connectivity index (χ3v) is 3.57. The molecule has 0 spiro atoms. The Kier molecular flexibility index (Phi) is 10.4. The van der Waals surface area contributed by atoms with Crippen LogP contribution in [0.25, 0.3) is 0 Å². The zero-order chi connectivity index (χ0) is 13.9. The molecule has 0 aromatic carbocycles. The van der Waals surface area contributed by atoms with Gasteiger partial charge in [-0.15, -0.1) is 0 Å². The van der Waals surface area contributed by atoms with Gasteiger partial charge >= 0.3 is 0 Å². The van der Waals surface area contributed by atoms with Crippen LogP contribution < -0.4 is 5.73 Å². The van der Waals surface area contributed by atoms with E-state index in [9.17, 15) is 0 Å². The second-order valence-electron chi connectivity index (χ2n) is 6.08. The van der Waals surface area contributed by atoms with Crippen molar-refractivity contribution in [1.82, 2.24) is 0 Å². The summed E-state index contributed by atoms with van der Waals surface area (Å²) in [6.07, 6.45) is 15.2. The van der Waals surface area contributed by atoms with Gasteiger partial charge in [-0.1, -0.05) is 76.9 Å². The minimum Gasteiger partial charge on any atom is -0.322 e. The van der Waals surface area contributed by atoms with E-state index in [0.717, 1.165) is 12.8 Å². The van der Waals surface area contributed by atoms with Crippen molar-refractivity contribution in [2.75, 3.05) is 0 Å². The normalized spacial score (nSPS) is 11.6. The molecule has 0 fully saturated rings. The van der Waals surface area contributed by atoms with Crippen LogP contribution in [0.15, 0.2) is 11.6 Å². The second kappa shape index (κ2) is 10.6. The number of rotatable bonds is 11. The third kappa shape index (κ3) is 9.70. The molecule has 108 valence electrons. The van der Waals surface area contributed by atoms with Gasteiger partial charge < -0.3 is 5.73 Å². The highest BCUT2D eigenvalue weighted by atomic mass is 14.7. The van der Waals surface area contributed by atoms with Crippen LogP contribution in [0.5, 0.6) is 0 Å². The van der Waals surface area contributed by atoms with E-state index in [2.05, 4.69) is 33.8 Å². The smallest absolute Gasteiger partial charge is 0.0341 e. The Bertz CT molecular complexity index is 202. The fraction of sp³-hybridized carbons (Fsp3) is 0.882. The number of hydrogen-bond donors (Lipinski definition) is 1. The summed E-state index contributed by atoms with van der Waals surface area (Å²) in [6.45, 7) is 8.85. The van der Waals surface area contributed by atoms with E-state index in [-0.39, 0.29) is 5.54 Å². The highest BCUT2D eigenvalue weighted by Crippen LogP contribution is 2.23. The standard InChI is InChI=1S/C17H35N/c1-5-7-9-11-13-17(18,15-16(3)4)14-12-10-8-6-2/h15H,5-14,18H2,1-4H3. The fourth-order valence-electron chi connectivity index (χ4n) is 2.61. The first kappa shape index (κ1) is 17.7. The van der Waals surface area contributed by atoms with Gasteiger partial charge in [0.15, 0.2) is 0 Å². The van der Waals surface area contributed by atoms with Crippen LogP contribution in [0.3, 0.4) is 0 Å². The van der Waals surface area contributed by atoms with E-state index < -0.39 is 0 Å². The van der Waals surface area contributed by atoms with Crippen molar-refractivity contribution in [3.05, 3.63) is 11.6 Å². The minimum atomic E-state index is -0.0414. The zero-order valence-electron chi connectivity index (χ0n) is 13.2. The molecule has 0 saturated heterocycles. The van der Waals surface area contributed by atoms with Gasteiger partial charge in [-0.25, -0.2) is 0 Å². The molecule has 0 bridgehead atoms. The number of nitrogens with two attached hydrogens (primary N) is 1. The van der Waals surface area contributed by atoms with Gasteiger partial charge in [0.2, 0.25) is 0 Å². The van der Waals surface area contributed by atoms with E-state index in [1.165, 1.54) is 56.9 Å². The quantitative estimate of drug-likeness (QED) is 0.377. The Hall–Kier alpha value is -0.300. The second-order valence-corrected chi connectivity index (χ2v) is 6.08. The van der Waals surface area contributed by atoms with Crippen LogP contribution in [-0.2, 0) is 0 Å². The lowest BCUT2D eigenvalue weighted by atomic mass is 9.86. The van der Waals surface area contributed by atoms with E-state index in [4.69, 9.17) is 5.73 Å². The molecular weight excluding hydrogens is 218 g/mol. The number of allylic oxidation sites excluding steroid dienone is 1. The predicted molar refractivity (Wildman–Crippen MR) is 83.9 cm³/mol. The largest absolute Gasteiger partial charge is 0.322 e. The predicted octanol–water partition coefficient (Wildman–Crippen LogP) is 5.59. The molecule has 0 atom stereocenters. The molecule has 18 heavy (non-hydrogen) atoms. The first-order chi connectivity index (χ1) is 8.54. The lowest BCUT2D eigenvalue weighted by Crippen LogP contribution is -2.37. The van der Waals surface area contributed by atoms with Gasteiger partial charge in [0.25, 0.3) is 0 Å². The molecule has 0 aliphatic carbocycles. The van der Waals surface area contributed by atoms with Gasteiger partial charge in [-0.05, 0) is 26.7 Å². The van der Waals surface area contributed by atoms with Crippen LogP contribution >= 0.6 is 0 Å². The molecule has 0 aromatic rings. The Morgan fingerprint density at radius 1 is 0.833 bits per heavy atom. The lowest BCUT2D eigenvalue weighted by Gasteiger charge is -2.27. The molecule has 1 nitrogen and oxygen atoms in total. The Morgan fingerprint density at radius 2 is 1.28 bits per heavy atom. The molecule has 0 unspecified atom stereocenters. The first-order valence-electron chi connectivity index (χ1n) is 7.99. The summed E-state index contributed by atoms with van der Waals surface area (Å²) in [5.74, 6) is 0. The van der Waals surface area contributed by atoms with Crippen LogP contribution in [0.1, 0.15) is 91.9 Å². The summed E-state index contributed by atoms with van der Waals surface area (Å²) >= 11 is 0. The van der Waals surface area contributed by atoms with Crippen molar-refractivity contribution < 1.29 is 0 Å². The molecule has 0 rings (SSSR count). The number of unbranched alkanes of at least 4 members (excludes halogenated alkanes) is 6. The maximum Gasteiger partial charge on any atom is 0.0341 e. The van der Waals surface area contributed by atoms with Crippen molar-refractivity contribution in [3.63, 3.8) is 0 Å². The van der Waals surface area contributed by atoms with Crippen molar-refractivity contribution >= 4 is 0 Å². The molecule has 0 aliphatic heterocycles. The van der Waals surface area contributed by atoms with Gasteiger partial charge in [-0.3, -0.25) is 0 Å². The molecular formula is C17H35N. The maximum atomic E-state index is 6.59. The average Bonchev–Trinajstić information content (AvgIpc) is 2.30. The fourth-order valence-corrected chi connectivity index (χ4v) is 2.61. The Balaban J connectivity index is 4.12. The van der Waals surface area contributed by atoms with E-state index in [0.29, 0.717) is 0 Å². The summed E-state index contributed by atoms with van der Waals surface area (Å²) in [6, 6.07) is 0. The molecule has 2 N–H and O–H groups in total. The van der Waals surface area contributed by atoms with Gasteiger partial charge in [-0.2, -0.15) is 0 Å². The SMILES string of the molecule is CCCCCCC(N)(C=C(C)C)CCCCCC. The minimum absolute atomic E-state index is 0.0414. The van der Waals surface area contributed by atoms with Gasteiger partial charge in [0.1, 0.15) is 0 Å². The van der Waals surface area contributed by atoms with Crippen molar-refractivity contribution in [2.24, 2.45) is 5.73 Å². The van der Waals surface area contributed by atoms with Crippen molar-refractivity contribution in [3.8, 4) is 0 Å². The highest BCUT2D eigenvalue weighted by molar-refractivity contribution is 5.09. The molecule has 0 aromatic heterocycles. The Morgan fingerprint density at radius 3 is 1.61 bits per heavy atom. The van der Waals surface area contributed by atoms with E-state index in [1.807, 2.05) is 0 Å². The van der Waals surface area contributed by atoms with Crippen molar-refractivity contribution in [1.29, 1.82) is 0 Å². The van der Waals surface area contributed by atoms with Crippen LogP contribution in [0, 0.1) is 0 Å². The summed E-state index contributed by atoms with van der Waals surface area (Å²) < 4.78 is 0. The monoisotopic (exact) mass is 253 g/mol. The van der Waals surface area contributed by atoms with Crippen LogP contribution in [-0.4, -0.2) is 5.54 Å². The van der Waals surface area contributed by atoms with Crippen LogP contribution in [0.2, 0.25) is 0 Å². The van der Waals surface area contributed by atoms with Gasteiger partial charge in [0.05, 0.1) is 0 Å². The molecule has 0 amide bonds. The Labute approximate surface area is 115 Å². The molecule has 0 aliphatic rings. The van der Waals surface area contributed by atoms with E-state index in [1.54, 1.807) is 0 Å². The summed E-state index contributed by atoms with van der Waals surface area (Å²) in [5.41, 5.74) is 7.91. The average molecular weight is 253 g/mol. The summed E-state index contributed by atoms with van der Waals surface area (Å²) in [5, 5.41) is 0. The lowest BCUT2D eigenvalue weighted by molar-refractivity contribution is 0.404. The van der Waals surface area contributed by atoms with E-state index >= 15 is 0 Å². The maximum absolute atomic E-state index is 6.59. The summed E-state index contributed by atoms with van der Waals surface area (Å²) in [4.78, 5) is 0. The third-order valence-electron chi connectivity index (χ3n) is 3.57. The molecule has 1 heteroatoms. The first-order valence-corrected chi connectivity index (χ1v) is 7.99. The highest BCUT2D eigenvalue weighted by Gasteiger charge is 2.20. The van der Waals surface area contributed by atoms with Crippen molar-refractivity contribution in [2.45, 2.75) is 97.4 Å². The topological polar surface area (TPSA) is 26.0 Å². The van der Waals surface area contributed by atoms with Gasteiger partial charge in [0, 0.05) is 5.54 Å². The molecule has 0 radical (unpaired) electrons. The zero-order valence-corrected chi connectivity index (χ0v) is 13.2. The number of hydrogen-bond acceptors (Lipinski definition) is 1.